The van der Waals surface area contributed by atoms with Crippen molar-refractivity contribution in [2.75, 3.05) is 0 Å². The van der Waals surface area contributed by atoms with Gasteiger partial charge in [-0.15, -0.1) is 12.4 Å². The fraction of sp³-hybridized carbons (Fsp3) is 1.00. The molecule has 0 aromatic rings. The van der Waals surface area contributed by atoms with E-state index in [9.17, 15) is 8.42 Å². The van der Waals surface area contributed by atoms with E-state index in [4.69, 9.17) is 4.55 Å². The van der Waals surface area contributed by atoms with Gasteiger partial charge in [0.15, 0.2) is 0 Å². The van der Waals surface area contributed by atoms with Crippen molar-refractivity contribution in [3.05, 3.63) is 0 Å². The predicted octanol–water partition coefficient (Wildman–Crippen LogP) is 1.73. The van der Waals surface area contributed by atoms with Gasteiger partial charge < -0.3 is 0 Å². The van der Waals surface area contributed by atoms with Crippen molar-refractivity contribution in [3.63, 3.8) is 0 Å². The van der Waals surface area contributed by atoms with Crippen molar-refractivity contribution in [2.45, 2.75) is 32.4 Å². The van der Waals surface area contributed by atoms with Crippen molar-refractivity contribution in [1.82, 2.24) is 0 Å². The monoisotopic (exact) mass is 202 g/mol. The summed E-state index contributed by atoms with van der Waals surface area (Å²) in [5, 5.41) is -0.632. The molecule has 1 unspecified atom stereocenters. The normalized spacial score (nSPS) is 14.3. The van der Waals surface area contributed by atoms with E-state index in [1.807, 2.05) is 13.8 Å². The Labute approximate surface area is 74.3 Å². The van der Waals surface area contributed by atoms with Gasteiger partial charge in [-0.25, -0.2) is 0 Å². The molecule has 0 aliphatic carbocycles. The van der Waals surface area contributed by atoms with Gasteiger partial charge in [0.1, 0.15) is 0 Å². The summed E-state index contributed by atoms with van der Waals surface area (Å²) in [7, 11) is -3.80. The standard InChI is InChI=1S/C6H14O3S.ClH/c1-5(2)4-6(3)10(7,8)9;/h5-6H,4H2,1-3H3,(H,7,8,9);1H. The zero-order valence-corrected chi connectivity index (χ0v) is 8.58. The molecule has 1 N–H and O–H groups in total. The van der Waals surface area contributed by atoms with Crippen molar-refractivity contribution in [1.29, 1.82) is 0 Å². The fourth-order valence-corrected chi connectivity index (χ4v) is 1.41. The molecule has 0 aliphatic rings. The van der Waals surface area contributed by atoms with E-state index in [0.29, 0.717) is 12.3 Å². The lowest BCUT2D eigenvalue weighted by Gasteiger charge is -2.09. The van der Waals surface area contributed by atoms with Crippen LogP contribution in [-0.4, -0.2) is 18.2 Å². The second-order valence-corrected chi connectivity index (χ2v) is 4.79. The molecule has 0 aromatic carbocycles. The summed E-state index contributed by atoms with van der Waals surface area (Å²) < 4.78 is 29.4. The summed E-state index contributed by atoms with van der Waals surface area (Å²) in [4.78, 5) is 0. The minimum Gasteiger partial charge on any atom is -0.285 e. The molecule has 3 nitrogen and oxygen atoms in total. The average Bonchev–Trinajstić information content (AvgIpc) is 1.60. The minimum absolute atomic E-state index is 0. The van der Waals surface area contributed by atoms with Gasteiger partial charge in [0.25, 0.3) is 10.1 Å². The summed E-state index contributed by atoms with van der Waals surface area (Å²) in [6.45, 7) is 5.35. The molecule has 0 spiro atoms. The van der Waals surface area contributed by atoms with E-state index in [0.717, 1.165) is 0 Å². The predicted molar refractivity (Wildman–Crippen MR) is 47.7 cm³/mol. The summed E-state index contributed by atoms with van der Waals surface area (Å²) in [5.74, 6) is 0.303. The highest BCUT2D eigenvalue weighted by Crippen LogP contribution is 2.10. The molecule has 1 atom stereocenters. The Hall–Kier alpha value is 0.200. The van der Waals surface area contributed by atoms with Crippen LogP contribution in [0, 0.1) is 5.92 Å². The zero-order chi connectivity index (χ0) is 8.36. The maximum atomic E-state index is 10.4. The van der Waals surface area contributed by atoms with Crippen molar-refractivity contribution in [2.24, 2.45) is 5.92 Å². The second kappa shape index (κ2) is 4.95. The van der Waals surface area contributed by atoms with Crippen LogP contribution in [0.1, 0.15) is 27.2 Å². The Morgan fingerprint density at radius 3 is 1.73 bits per heavy atom. The summed E-state index contributed by atoms with van der Waals surface area (Å²) >= 11 is 0. The summed E-state index contributed by atoms with van der Waals surface area (Å²) in [5.41, 5.74) is 0. The molecule has 0 saturated carbocycles. The van der Waals surface area contributed by atoms with Gasteiger partial charge in [0.05, 0.1) is 5.25 Å². The molecule has 0 saturated heterocycles. The molecule has 0 radical (unpaired) electrons. The van der Waals surface area contributed by atoms with E-state index in [1.165, 1.54) is 6.92 Å². The lowest BCUT2D eigenvalue weighted by atomic mass is 10.1. The third-order valence-corrected chi connectivity index (χ3v) is 2.52. The molecule has 0 aromatic heterocycles. The van der Waals surface area contributed by atoms with E-state index >= 15 is 0 Å². The van der Waals surface area contributed by atoms with E-state index in [-0.39, 0.29) is 12.4 Å². The minimum atomic E-state index is -3.80. The third-order valence-electron chi connectivity index (χ3n) is 1.31. The maximum absolute atomic E-state index is 10.4. The smallest absolute Gasteiger partial charge is 0.267 e. The van der Waals surface area contributed by atoms with E-state index < -0.39 is 15.4 Å². The van der Waals surface area contributed by atoms with Gasteiger partial charge >= 0.3 is 0 Å². The Kier molecular flexibility index (Phi) is 6.20. The Bertz CT molecular complexity index is 186. The lowest BCUT2D eigenvalue weighted by Crippen LogP contribution is -2.18. The van der Waals surface area contributed by atoms with Crippen LogP contribution in [0.15, 0.2) is 0 Å². The Balaban J connectivity index is 0. The van der Waals surface area contributed by atoms with Crippen LogP contribution in [0.25, 0.3) is 0 Å². The maximum Gasteiger partial charge on any atom is 0.267 e. The quantitative estimate of drug-likeness (QED) is 0.710. The molecule has 11 heavy (non-hydrogen) atoms. The van der Waals surface area contributed by atoms with Crippen molar-refractivity contribution >= 4 is 22.5 Å². The number of rotatable bonds is 3. The van der Waals surface area contributed by atoms with Gasteiger partial charge in [-0.05, 0) is 19.3 Å². The summed E-state index contributed by atoms with van der Waals surface area (Å²) in [6, 6.07) is 0. The van der Waals surface area contributed by atoms with Crippen LogP contribution >= 0.6 is 12.4 Å². The highest BCUT2D eigenvalue weighted by atomic mass is 35.5. The van der Waals surface area contributed by atoms with Crippen LogP contribution in [0.5, 0.6) is 0 Å². The molecule has 0 heterocycles. The van der Waals surface area contributed by atoms with Crippen LogP contribution in [0.2, 0.25) is 0 Å². The van der Waals surface area contributed by atoms with Crippen LogP contribution in [0.4, 0.5) is 0 Å². The molecule has 0 fully saturated rings. The topological polar surface area (TPSA) is 54.4 Å². The average molecular weight is 203 g/mol. The largest absolute Gasteiger partial charge is 0.285 e. The first kappa shape index (κ1) is 13.8. The zero-order valence-electron chi connectivity index (χ0n) is 6.94. The Morgan fingerprint density at radius 1 is 1.27 bits per heavy atom. The molecular weight excluding hydrogens is 188 g/mol. The first-order valence-electron chi connectivity index (χ1n) is 3.30. The summed E-state index contributed by atoms with van der Waals surface area (Å²) in [6.07, 6.45) is 0.513. The van der Waals surface area contributed by atoms with Crippen molar-refractivity contribution < 1.29 is 13.0 Å². The third kappa shape index (κ3) is 6.59. The lowest BCUT2D eigenvalue weighted by molar-refractivity contribution is 0.452. The number of hydrogen-bond donors (Lipinski definition) is 1. The molecule has 0 rings (SSSR count). The van der Waals surface area contributed by atoms with Gasteiger partial charge in [0.2, 0.25) is 0 Å². The SMILES string of the molecule is CC(C)CC(C)S(=O)(=O)O.Cl. The molecule has 0 amide bonds. The van der Waals surface area contributed by atoms with Crippen LogP contribution in [-0.2, 0) is 10.1 Å². The molecule has 5 heteroatoms. The first-order valence-corrected chi connectivity index (χ1v) is 4.80. The number of halogens is 1. The molecular formula is C6H15ClO3S. The van der Waals surface area contributed by atoms with E-state index in [2.05, 4.69) is 0 Å². The van der Waals surface area contributed by atoms with Gasteiger partial charge in [-0.1, -0.05) is 13.8 Å². The first-order chi connectivity index (χ1) is 4.34. The number of hydrogen-bond acceptors (Lipinski definition) is 2. The van der Waals surface area contributed by atoms with Gasteiger partial charge in [-0.3, -0.25) is 4.55 Å². The van der Waals surface area contributed by atoms with Crippen LogP contribution < -0.4 is 0 Å². The molecule has 0 aliphatic heterocycles. The van der Waals surface area contributed by atoms with Gasteiger partial charge in [0, 0.05) is 0 Å². The molecule has 0 bridgehead atoms. The Morgan fingerprint density at radius 2 is 1.64 bits per heavy atom. The second-order valence-electron chi connectivity index (χ2n) is 2.96. The van der Waals surface area contributed by atoms with E-state index in [1.54, 1.807) is 0 Å². The van der Waals surface area contributed by atoms with Crippen LogP contribution in [0.3, 0.4) is 0 Å². The highest BCUT2D eigenvalue weighted by Gasteiger charge is 2.17. The highest BCUT2D eigenvalue weighted by molar-refractivity contribution is 7.86. The van der Waals surface area contributed by atoms with Crippen molar-refractivity contribution in [3.8, 4) is 0 Å². The molecule has 70 valence electrons. The van der Waals surface area contributed by atoms with Gasteiger partial charge in [-0.2, -0.15) is 8.42 Å². The fourth-order valence-electron chi connectivity index (χ4n) is 0.785.